The third-order valence-corrected chi connectivity index (χ3v) is 4.79. The highest BCUT2D eigenvalue weighted by Crippen LogP contribution is 2.30. The second-order valence-corrected chi connectivity index (χ2v) is 5.85. The van der Waals surface area contributed by atoms with Crippen molar-refractivity contribution in [1.29, 1.82) is 5.26 Å². The van der Waals surface area contributed by atoms with Gasteiger partial charge in [0.1, 0.15) is 0 Å². The summed E-state index contributed by atoms with van der Waals surface area (Å²) in [4.78, 5) is 0. The Morgan fingerprint density at radius 1 is 1.00 bits per heavy atom. The molecule has 2 fully saturated rings. The van der Waals surface area contributed by atoms with E-state index < -0.39 is 0 Å². The second kappa shape index (κ2) is 6.40. The monoisotopic (exact) mass is 234 g/mol. The van der Waals surface area contributed by atoms with Gasteiger partial charge in [-0.05, 0) is 31.6 Å². The summed E-state index contributed by atoms with van der Waals surface area (Å²) in [6.07, 6.45) is 11.7. The third-order valence-electron chi connectivity index (χ3n) is 4.79. The van der Waals surface area contributed by atoms with Gasteiger partial charge in [0.2, 0.25) is 0 Å². The number of hydrogen-bond acceptors (Lipinski definition) is 2. The zero-order chi connectivity index (χ0) is 12.1. The lowest BCUT2D eigenvalue weighted by atomic mass is 9.80. The van der Waals surface area contributed by atoms with Crippen LogP contribution in [0, 0.1) is 23.2 Å². The number of nitriles is 1. The van der Waals surface area contributed by atoms with E-state index in [0.29, 0.717) is 12.1 Å². The first kappa shape index (κ1) is 12.9. The second-order valence-electron chi connectivity index (χ2n) is 5.85. The summed E-state index contributed by atoms with van der Waals surface area (Å²) in [5.41, 5.74) is 0. The van der Waals surface area contributed by atoms with Crippen LogP contribution < -0.4 is 5.32 Å². The zero-order valence-corrected chi connectivity index (χ0v) is 11.1. The van der Waals surface area contributed by atoms with Crippen molar-refractivity contribution in [3.05, 3.63) is 0 Å². The smallest absolute Gasteiger partial charge is 0.0672 e. The Kier molecular flexibility index (Phi) is 4.86. The Morgan fingerprint density at radius 2 is 1.65 bits per heavy atom. The van der Waals surface area contributed by atoms with E-state index in [-0.39, 0.29) is 5.92 Å². The molecule has 0 radical (unpaired) electrons. The van der Waals surface area contributed by atoms with Crippen molar-refractivity contribution in [3.8, 4) is 6.07 Å². The van der Waals surface area contributed by atoms with Gasteiger partial charge in [-0.1, -0.05) is 39.0 Å². The molecule has 4 unspecified atom stereocenters. The molecule has 2 aliphatic rings. The van der Waals surface area contributed by atoms with Gasteiger partial charge in [-0.25, -0.2) is 0 Å². The molecule has 0 heterocycles. The number of hydrogen-bond donors (Lipinski definition) is 1. The van der Waals surface area contributed by atoms with Crippen LogP contribution in [0.1, 0.15) is 64.7 Å². The highest BCUT2D eigenvalue weighted by molar-refractivity contribution is 4.96. The average molecular weight is 234 g/mol. The van der Waals surface area contributed by atoms with Crippen molar-refractivity contribution in [3.63, 3.8) is 0 Å². The summed E-state index contributed by atoms with van der Waals surface area (Å²) in [5.74, 6) is 1.12. The van der Waals surface area contributed by atoms with Crippen molar-refractivity contribution in [2.45, 2.75) is 76.8 Å². The van der Waals surface area contributed by atoms with E-state index in [2.05, 4.69) is 18.3 Å². The van der Waals surface area contributed by atoms with Crippen LogP contribution >= 0.6 is 0 Å². The van der Waals surface area contributed by atoms with Gasteiger partial charge in [0.05, 0.1) is 12.0 Å². The Balaban J connectivity index is 1.91. The molecule has 0 aromatic heterocycles. The molecule has 4 atom stereocenters. The fourth-order valence-electron chi connectivity index (χ4n) is 3.68. The van der Waals surface area contributed by atoms with Gasteiger partial charge in [0.15, 0.2) is 0 Å². The molecule has 0 spiro atoms. The van der Waals surface area contributed by atoms with Gasteiger partial charge in [-0.15, -0.1) is 0 Å². The van der Waals surface area contributed by atoms with Crippen molar-refractivity contribution in [2.24, 2.45) is 11.8 Å². The van der Waals surface area contributed by atoms with Crippen molar-refractivity contribution < 1.29 is 0 Å². The molecule has 2 heteroatoms. The normalized spacial score (nSPS) is 38.6. The van der Waals surface area contributed by atoms with Crippen LogP contribution in [0.3, 0.4) is 0 Å². The van der Waals surface area contributed by atoms with E-state index in [1.165, 1.54) is 51.4 Å². The molecular formula is C15H26N2. The molecule has 1 N–H and O–H groups in total. The third kappa shape index (κ3) is 3.22. The summed E-state index contributed by atoms with van der Waals surface area (Å²) < 4.78 is 0. The fourth-order valence-corrected chi connectivity index (χ4v) is 3.68. The minimum atomic E-state index is 0.267. The molecule has 0 amide bonds. The Labute approximate surface area is 106 Å². The summed E-state index contributed by atoms with van der Waals surface area (Å²) >= 11 is 0. The number of nitrogens with zero attached hydrogens (tertiary/aromatic N) is 1. The van der Waals surface area contributed by atoms with E-state index in [9.17, 15) is 5.26 Å². The number of nitrogens with one attached hydrogen (secondary N) is 1. The van der Waals surface area contributed by atoms with Crippen LogP contribution in [0.5, 0.6) is 0 Å². The molecule has 96 valence electrons. The van der Waals surface area contributed by atoms with Crippen LogP contribution in [0.2, 0.25) is 0 Å². The summed E-state index contributed by atoms with van der Waals surface area (Å²) in [7, 11) is 0. The Morgan fingerprint density at radius 3 is 2.35 bits per heavy atom. The van der Waals surface area contributed by atoms with Crippen LogP contribution in [0.4, 0.5) is 0 Å². The summed E-state index contributed by atoms with van der Waals surface area (Å²) in [6, 6.07) is 3.68. The van der Waals surface area contributed by atoms with Crippen LogP contribution in [0.15, 0.2) is 0 Å². The van der Waals surface area contributed by atoms with E-state index in [1.807, 2.05) is 0 Å². The first-order chi connectivity index (χ1) is 8.35. The molecule has 2 rings (SSSR count). The van der Waals surface area contributed by atoms with Crippen molar-refractivity contribution in [1.82, 2.24) is 5.32 Å². The molecule has 0 aromatic rings. The minimum absolute atomic E-state index is 0.267. The largest absolute Gasteiger partial charge is 0.310 e. The Hall–Kier alpha value is -0.550. The maximum Gasteiger partial charge on any atom is 0.0672 e. The van der Waals surface area contributed by atoms with Crippen molar-refractivity contribution >= 4 is 0 Å². The molecule has 2 nitrogen and oxygen atoms in total. The van der Waals surface area contributed by atoms with Gasteiger partial charge in [-0.2, -0.15) is 5.26 Å². The lowest BCUT2D eigenvalue weighted by Crippen LogP contribution is -2.48. The standard InChI is InChI=1S/C15H26N2/c1-2-12-7-3-5-9-14(12)17-15-10-6-4-8-13(15)11-16/h12-15,17H,2-10H2,1H3. The lowest BCUT2D eigenvalue weighted by Gasteiger charge is -2.37. The number of rotatable bonds is 3. The molecule has 2 aliphatic carbocycles. The van der Waals surface area contributed by atoms with Crippen LogP contribution in [-0.4, -0.2) is 12.1 Å². The van der Waals surface area contributed by atoms with Crippen LogP contribution in [0.25, 0.3) is 0 Å². The topological polar surface area (TPSA) is 35.8 Å². The van der Waals surface area contributed by atoms with Gasteiger partial charge in [0.25, 0.3) is 0 Å². The molecule has 2 saturated carbocycles. The van der Waals surface area contributed by atoms with Crippen LogP contribution in [-0.2, 0) is 0 Å². The summed E-state index contributed by atoms with van der Waals surface area (Å²) in [6.45, 7) is 2.31. The van der Waals surface area contributed by atoms with Crippen molar-refractivity contribution in [2.75, 3.05) is 0 Å². The van der Waals surface area contributed by atoms with Gasteiger partial charge in [0, 0.05) is 12.1 Å². The zero-order valence-electron chi connectivity index (χ0n) is 11.1. The first-order valence-corrected chi connectivity index (χ1v) is 7.50. The van der Waals surface area contributed by atoms with E-state index in [4.69, 9.17) is 0 Å². The predicted octanol–water partition coefficient (Wildman–Crippen LogP) is 3.63. The first-order valence-electron chi connectivity index (χ1n) is 7.50. The lowest BCUT2D eigenvalue weighted by molar-refractivity contribution is 0.200. The van der Waals surface area contributed by atoms with Gasteiger partial charge < -0.3 is 5.32 Å². The molecular weight excluding hydrogens is 208 g/mol. The highest BCUT2D eigenvalue weighted by Gasteiger charge is 2.30. The maximum atomic E-state index is 9.22. The van der Waals surface area contributed by atoms with Gasteiger partial charge >= 0.3 is 0 Å². The molecule has 17 heavy (non-hydrogen) atoms. The molecule has 0 aromatic carbocycles. The van der Waals surface area contributed by atoms with Gasteiger partial charge in [-0.3, -0.25) is 0 Å². The molecule has 0 bridgehead atoms. The van der Waals surface area contributed by atoms with E-state index in [0.717, 1.165) is 12.3 Å². The quantitative estimate of drug-likeness (QED) is 0.809. The highest BCUT2D eigenvalue weighted by atomic mass is 15.0. The van der Waals surface area contributed by atoms with E-state index >= 15 is 0 Å². The predicted molar refractivity (Wildman–Crippen MR) is 70.5 cm³/mol. The average Bonchev–Trinajstić information content (AvgIpc) is 2.40. The summed E-state index contributed by atoms with van der Waals surface area (Å²) in [5, 5.41) is 13.1. The fraction of sp³-hybridized carbons (Fsp3) is 0.933. The minimum Gasteiger partial charge on any atom is -0.310 e. The molecule has 0 saturated heterocycles. The molecule has 0 aliphatic heterocycles. The maximum absolute atomic E-state index is 9.22. The Bertz CT molecular complexity index is 269. The van der Waals surface area contributed by atoms with E-state index in [1.54, 1.807) is 0 Å². The SMILES string of the molecule is CCC1CCCCC1NC1CCCCC1C#N.